The number of rotatable bonds is 4. The summed E-state index contributed by atoms with van der Waals surface area (Å²) in [6.45, 7) is 3.50. The third kappa shape index (κ3) is 3.42. The number of carbonyl (C=O) groups excluding carboxylic acids is 1. The minimum atomic E-state index is -0.707. The molecule has 0 spiro atoms. The van der Waals surface area contributed by atoms with E-state index in [0.29, 0.717) is 17.0 Å². The Morgan fingerprint density at radius 2 is 1.92 bits per heavy atom. The number of hydrogen-bond donors (Lipinski definition) is 1. The summed E-state index contributed by atoms with van der Waals surface area (Å²) >= 11 is 0. The molecule has 1 amide bonds. The number of benzene rings is 2. The van der Waals surface area contributed by atoms with E-state index in [-0.39, 0.29) is 12.1 Å². The fourth-order valence-corrected chi connectivity index (χ4v) is 2.58. The first-order valence-corrected chi connectivity index (χ1v) is 7.71. The van der Waals surface area contributed by atoms with Crippen molar-refractivity contribution < 1.29 is 18.1 Å². The Bertz CT molecular complexity index is 935. The molecule has 1 N–H and O–H groups in total. The lowest BCUT2D eigenvalue weighted by molar-refractivity contribution is 0.0950. The first kappa shape index (κ1) is 16.8. The topological polar surface area (TPSA) is 55.1 Å². The van der Waals surface area contributed by atoms with E-state index in [1.54, 1.807) is 6.92 Å². The number of hydrogen-bond acceptors (Lipinski definition) is 3. The Hall–Kier alpha value is -3.02. The van der Waals surface area contributed by atoms with Crippen molar-refractivity contribution in [3.63, 3.8) is 0 Å². The number of halogens is 2. The van der Waals surface area contributed by atoms with Crippen LogP contribution in [0.5, 0.6) is 0 Å². The number of amides is 1. The van der Waals surface area contributed by atoms with Crippen LogP contribution in [0.1, 0.15) is 27.2 Å². The van der Waals surface area contributed by atoms with Gasteiger partial charge in [0.05, 0.1) is 5.69 Å². The van der Waals surface area contributed by atoms with Gasteiger partial charge in [-0.1, -0.05) is 35.5 Å². The van der Waals surface area contributed by atoms with E-state index in [2.05, 4.69) is 10.5 Å². The Kier molecular flexibility index (Phi) is 4.61. The van der Waals surface area contributed by atoms with E-state index in [9.17, 15) is 13.6 Å². The van der Waals surface area contributed by atoms with Crippen molar-refractivity contribution in [2.75, 3.05) is 0 Å². The highest BCUT2D eigenvalue weighted by atomic mass is 19.1. The number of nitrogens with one attached hydrogen (secondary N) is 1. The van der Waals surface area contributed by atoms with E-state index < -0.39 is 17.5 Å². The van der Waals surface area contributed by atoms with Gasteiger partial charge in [0.25, 0.3) is 5.91 Å². The second-order valence-corrected chi connectivity index (χ2v) is 5.71. The molecule has 4 nitrogen and oxygen atoms in total. The van der Waals surface area contributed by atoms with Crippen LogP contribution in [-0.2, 0) is 6.54 Å². The molecule has 0 unspecified atom stereocenters. The molecule has 0 aliphatic carbocycles. The van der Waals surface area contributed by atoms with Crippen molar-refractivity contribution >= 4 is 5.91 Å². The summed E-state index contributed by atoms with van der Waals surface area (Å²) in [5.74, 6) is -1.43. The molecule has 0 bridgehead atoms. The van der Waals surface area contributed by atoms with E-state index in [1.165, 1.54) is 6.07 Å². The highest BCUT2D eigenvalue weighted by molar-refractivity contribution is 6.00. The van der Waals surface area contributed by atoms with Gasteiger partial charge in [0.15, 0.2) is 5.76 Å². The molecule has 2 aromatic carbocycles. The van der Waals surface area contributed by atoms with Gasteiger partial charge in [-0.2, -0.15) is 0 Å². The summed E-state index contributed by atoms with van der Waals surface area (Å²) in [4.78, 5) is 12.6. The predicted octanol–water partition coefficient (Wildman–Crippen LogP) is 4.17. The Balaban J connectivity index is 1.86. The second kappa shape index (κ2) is 6.84. The zero-order valence-electron chi connectivity index (χ0n) is 13.8. The molecule has 0 fully saturated rings. The molecule has 0 radical (unpaired) electrons. The van der Waals surface area contributed by atoms with Crippen LogP contribution in [0.25, 0.3) is 11.3 Å². The molecule has 0 aliphatic rings. The quantitative estimate of drug-likeness (QED) is 0.774. The van der Waals surface area contributed by atoms with Crippen LogP contribution in [0.2, 0.25) is 0 Å². The smallest absolute Gasteiger partial charge is 0.257 e. The van der Waals surface area contributed by atoms with Crippen molar-refractivity contribution in [3.05, 3.63) is 76.5 Å². The summed E-state index contributed by atoms with van der Waals surface area (Å²) in [7, 11) is 0. The zero-order valence-corrected chi connectivity index (χ0v) is 13.8. The molecule has 3 rings (SSSR count). The predicted molar refractivity (Wildman–Crippen MR) is 88.9 cm³/mol. The van der Waals surface area contributed by atoms with Crippen LogP contribution >= 0.6 is 0 Å². The maximum Gasteiger partial charge on any atom is 0.257 e. The molecular formula is C19H16F2N2O2. The molecule has 6 heteroatoms. The fourth-order valence-electron chi connectivity index (χ4n) is 2.58. The molecular weight excluding hydrogens is 326 g/mol. The minimum Gasteiger partial charge on any atom is -0.355 e. The van der Waals surface area contributed by atoms with Gasteiger partial charge in [-0.15, -0.1) is 0 Å². The van der Waals surface area contributed by atoms with Gasteiger partial charge in [-0.3, -0.25) is 4.79 Å². The monoisotopic (exact) mass is 342 g/mol. The molecule has 0 saturated heterocycles. The molecule has 3 aromatic rings. The van der Waals surface area contributed by atoms with Crippen LogP contribution in [0, 0.1) is 25.5 Å². The first-order chi connectivity index (χ1) is 12.0. The average molecular weight is 342 g/mol. The lowest BCUT2D eigenvalue weighted by Crippen LogP contribution is -2.24. The van der Waals surface area contributed by atoms with Gasteiger partial charge in [-0.25, -0.2) is 8.78 Å². The van der Waals surface area contributed by atoms with Crippen LogP contribution < -0.4 is 5.32 Å². The molecule has 128 valence electrons. The molecule has 25 heavy (non-hydrogen) atoms. The summed E-state index contributed by atoms with van der Waals surface area (Å²) < 4.78 is 32.0. The minimum absolute atomic E-state index is 0.0667. The fraction of sp³-hybridized carbons (Fsp3) is 0.158. The maximum absolute atomic E-state index is 13.7. The summed E-state index contributed by atoms with van der Waals surface area (Å²) in [6.07, 6.45) is 0. The highest BCUT2D eigenvalue weighted by Crippen LogP contribution is 2.28. The third-order valence-electron chi connectivity index (χ3n) is 3.93. The van der Waals surface area contributed by atoms with Crippen molar-refractivity contribution in [1.29, 1.82) is 0 Å². The Morgan fingerprint density at radius 1 is 1.16 bits per heavy atom. The standard InChI is InChI=1S/C19H16F2N2O2/c1-11-5-3-4-6-15(11)18-17(12(2)23-25-18)19(24)22-10-13-7-8-14(20)9-16(13)21/h3-9H,10H2,1-2H3,(H,22,24). The average Bonchev–Trinajstić information content (AvgIpc) is 2.96. The molecule has 0 saturated carbocycles. The van der Waals surface area contributed by atoms with Crippen molar-refractivity contribution in [2.45, 2.75) is 20.4 Å². The molecule has 0 atom stereocenters. The normalized spacial score (nSPS) is 10.7. The number of aryl methyl sites for hydroxylation is 2. The number of aromatic nitrogens is 1. The highest BCUT2D eigenvalue weighted by Gasteiger charge is 2.22. The Morgan fingerprint density at radius 3 is 2.64 bits per heavy atom. The van der Waals surface area contributed by atoms with Gasteiger partial charge >= 0.3 is 0 Å². The van der Waals surface area contributed by atoms with Crippen molar-refractivity contribution in [2.24, 2.45) is 0 Å². The first-order valence-electron chi connectivity index (χ1n) is 7.71. The largest absolute Gasteiger partial charge is 0.355 e. The van der Waals surface area contributed by atoms with Gasteiger partial charge < -0.3 is 9.84 Å². The number of carbonyl (C=O) groups is 1. The summed E-state index contributed by atoms with van der Waals surface area (Å²) in [6, 6.07) is 10.7. The lowest BCUT2D eigenvalue weighted by atomic mass is 10.0. The molecule has 0 aliphatic heterocycles. The van der Waals surface area contributed by atoms with Crippen LogP contribution in [0.4, 0.5) is 8.78 Å². The van der Waals surface area contributed by atoms with E-state index in [0.717, 1.165) is 23.3 Å². The number of nitrogens with zero attached hydrogens (tertiary/aromatic N) is 1. The summed E-state index contributed by atoms with van der Waals surface area (Å²) in [5.41, 5.74) is 2.65. The van der Waals surface area contributed by atoms with E-state index in [1.807, 2.05) is 31.2 Å². The zero-order chi connectivity index (χ0) is 18.0. The third-order valence-corrected chi connectivity index (χ3v) is 3.93. The van der Waals surface area contributed by atoms with Crippen LogP contribution in [-0.4, -0.2) is 11.1 Å². The van der Waals surface area contributed by atoms with Crippen LogP contribution in [0.3, 0.4) is 0 Å². The lowest BCUT2D eigenvalue weighted by Gasteiger charge is -2.08. The van der Waals surface area contributed by atoms with Crippen molar-refractivity contribution in [1.82, 2.24) is 10.5 Å². The van der Waals surface area contributed by atoms with Gasteiger partial charge in [0, 0.05) is 23.7 Å². The Labute approximate surface area is 143 Å². The van der Waals surface area contributed by atoms with Crippen LogP contribution in [0.15, 0.2) is 47.0 Å². The molecule has 1 aromatic heterocycles. The second-order valence-electron chi connectivity index (χ2n) is 5.71. The van der Waals surface area contributed by atoms with Gasteiger partial charge in [-0.05, 0) is 25.5 Å². The van der Waals surface area contributed by atoms with Gasteiger partial charge in [0.1, 0.15) is 17.2 Å². The van der Waals surface area contributed by atoms with Gasteiger partial charge in [0.2, 0.25) is 0 Å². The summed E-state index contributed by atoms with van der Waals surface area (Å²) in [5, 5.41) is 6.51. The SMILES string of the molecule is Cc1ccccc1-c1onc(C)c1C(=O)NCc1ccc(F)cc1F. The molecule has 1 heterocycles. The van der Waals surface area contributed by atoms with Crippen molar-refractivity contribution in [3.8, 4) is 11.3 Å². The van der Waals surface area contributed by atoms with E-state index >= 15 is 0 Å². The van der Waals surface area contributed by atoms with E-state index in [4.69, 9.17) is 4.52 Å². The maximum atomic E-state index is 13.7.